The summed E-state index contributed by atoms with van der Waals surface area (Å²) in [6.45, 7) is 6.58. The third kappa shape index (κ3) is 11.8. The molecule has 5 aromatic rings. The summed E-state index contributed by atoms with van der Waals surface area (Å²) in [6.07, 6.45) is 7.31. The summed E-state index contributed by atoms with van der Waals surface area (Å²) < 4.78 is 0. The van der Waals surface area contributed by atoms with Gasteiger partial charge in [-0.2, -0.15) is 0 Å². The molecule has 49 heavy (non-hydrogen) atoms. The summed E-state index contributed by atoms with van der Waals surface area (Å²) in [7, 11) is 5.70. The second-order valence-corrected chi connectivity index (χ2v) is 14.1. The molecule has 0 bridgehead atoms. The number of hydrogen-bond acceptors (Lipinski definition) is 0. The van der Waals surface area contributed by atoms with Crippen molar-refractivity contribution in [3.63, 3.8) is 0 Å². The molecule has 2 aliphatic rings. The summed E-state index contributed by atoms with van der Waals surface area (Å²) in [5.41, 5.74) is 8.25. The van der Waals surface area contributed by atoms with Gasteiger partial charge in [-0.1, -0.05) is 185 Å². The zero-order valence-electron chi connectivity index (χ0n) is 29.5. The SMILES string of the molecule is CCC.CPC1CCCC1.[CH3-].[Cl][Pd+].[Fe].c1ccc(C2C(c3ccccc3)C(c3ccccc3)C(c3ccccc3)C2c2ccccc2)cc1. The van der Waals surface area contributed by atoms with Crippen LogP contribution in [0.1, 0.15) is 103 Å². The molecule has 264 valence electrons. The first-order valence-electron chi connectivity index (χ1n) is 17.3. The van der Waals surface area contributed by atoms with Gasteiger partial charge in [0.15, 0.2) is 0 Å². The van der Waals surface area contributed by atoms with E-state index in [0.717, 1.165) is 5.66 Å². The predicted octanol–water partition coefficient (Wildman–Crippen LogP) is 13.7. The van der Waals surface area contributed by atoms with Crippen molar-refractivity contribution < 1.29 is 35.2 Å². The molecule has 0 radical (unpaired) electrons. The molecule has 0 saturated heterocycles. The van der Waals surface area contributed by atoms with Crippen LogP contribution in [0.3, 0.4) is 0 Å². The normalized spacial score (nSPS) is 21.1. The van der Waals surface area contributed by atoms with Crippen LogP contribution in [0.5, 0.6) is 0 Å². The van der Waals surface area contributed by atoms with Gasteiger partial charge in [0.2, 0.25) is 0 Å². The average molecular weight is 824 g/mol. The minimum absolute atomic E-state index is 0. The Morgan fingerprint density at radius 2 is 0.653 bits per heavy atom. The molecule has 0 aromatic heterocycles. The maximum Gasteiger partial charge on any atom is 0 e. The Hall–Kier alpha value is -2.00. The molecule has 0 nitrogen and oxygen atoms in total. The number of benzene rings is 5. The monoisotopic (exact) mass is 822 g/mol. The molecule has 1 unspecified atom stereocenters. The Bertz CT molecular complexity index is 1240. The van der Waals surface area contributed by atoms with E-state index in [4.69, 9.17) is 0 Å². The van der Waals surface area contributed by atoms with Gasteiger partial charge >= 0.3 is 27.7 Å². The van der Waals surface area contributed by atoms with E-state index in [2.05, 4.69) is 200 Å². The molecule has 7 rings (SSSR count). The van der Waals surface area contributed by atoms with Crippen molar-refractivity contribution in [3.8, 4) is 0 Å². The van der Waals surface area contributed by atoms with Crippen molar-refractivity contribution in [2.24, 2.45) is 0 Å². The predicted molar refractivity (Wildman–Crippen MR) is 211 cm³/mol. The third-order valence-electron chi connectivity index (χ3n) is 9.62. The quantitative estimate of drug-likeness (QED) is 0.0909. The Morgan fingerprint density at radius 3 is 0.796 bits per heavy atom. The zero-order valence-corrected chi connectivity index (χ0v) is 33.9. The Labute approximate surface area is 325 Å². The van der Waals surface area contributed by atoms with Crippen LogP contribution < -0.4 is 0 Å². The fraction of sp³-hybridized carbons (Fsp3) is 0.311. The van der Waals surface area contributed by atoms with Crippen molar-refractivity contribution in [1.82, 2.24) is 0 Å². The molecule has 0 spiro atoms. The first-order chi connectivity index (χ1) is 23.3. The van der Waals surface area contributed by atoms with Crippen molar-refractivity contribution in [2.45, 2.75) is 81.2 Å². The van der Waals surface area contributed by atoms with Crippen molar-refractivity contribution in [1.29, 1.82) is 0 Å². The fourth-order valence-corrected chi connectivity index (χ4v) is 8.77. The van der Waals surface area contributed by atoms with Crippen LogP contribution in [0.15, 0.2) is 152 Å². The second-order valence-electron chi connectivity index (χ2n) is 12.7. The Balaban J connectivity index is 0.000000515. The third-order valence-corrected chi connectivity index (χ3v) is 11.0. The molecule has 0 amide bonds. The summed E-state index contributed by atoms with van der Waals surface area (Å²) in [5, 5.41) is 0. The molecule has 2 fully saturated rings. The van der Waals surface area contributed by atoms with Crippen LogP contribution in [0, 0.1) is 7.43 Å². The minimum Gasteiger partial charge on any atom is -0.0622 e. The summed E-state index contributed by atoms with van der Waals surface area (Å²) in [5.74, 6) is 1.79. The summed E-state index contributed by atoms with van der Waals surface area (Å²) >= 11 is 2.22. The van der Waals surface area contributed by atoms with E-state index >= 15 is 0 Å². The van der Waals surface area contributed by atoms with Gasteiger partial charge in [-0.25, -0.2) is 0 Å². The van der Waals surface area contributed by atoms with Crippen LogP contribution >= 0.6 is 18.1 Å². The van der Waals surface area contributed by atoms with E-state index < -0.39 is 0 Å². The largest absolute Gasteiger partial charge is 0.0622 e. The van der Waals surface area contributed by atoms with Crippen LogP contribution in [0.2, 0.25) is 0 Å². The molecular formula is C45H54ClFePPd. The van der Waals surface area contributed by atoms with Crippen LogP contribution in [0.25, 0.3) is 0 Å². The van der Waals surface area contributed by atoms with Gasteiger partial charge in [-0.3, -0.25) is 0 Å². The maximum atomic E-state index is 4.49. The van der Waals surface area contributed by atoms with Crippen LogP contribution in [0.4, 0.5) is 0 Å². The maximum absolute atomic E-state index is 4.49. The zero-order chi connectivity index (χ0) is 33.3. The van der Waals surface area contributed by atoms with Gasteiger partial charge in [-0.05, 0) is 82.6 Å². The van der Waals surface area contributed by atoms with Crippen molar-refractivity contribution in [3.05, 3.63) is 187 Å². The van der Waals surface area contributed by atoms with Gasteiger partial charge in [0, 0.05) is 17.1 Å². The van der Waals surface area contributed by atoms with Gasteiger partial charge in [0.1, 0.15) is 0 Å². The topological polar surface area (TPSA) is 0 Å². The fourth-order valence-electron chi connectivity index (χ4n) is 7.78. The first kappa shape index (κ1) is 43.2. The van der Waals surface area contributed by atoms with Crippen LogP contribution in [-0.2, 0) is 35.2 Å². The van der Waals surface area contributed by atoms with E-state index in [0.29, 0.717) is 29.6 Å². The minimum atomic E-state index is 0. The first-order valence-corrected chi connectivity index (χ1v) is 20.9. The Kier molecular flexibility index (Phi) is 21.3. The molecule has 0 aliphatic heterocycles. The summed E-state index contributed by atoms with van der Waals surface area (Å²) in [6, 6.07) is 56.1. The number of hydrogen-bond donors (Lipinski definition) is 0. The number of rotatable bonds is 6. The number of halogens is 1. The molecule has 2 aliphatic carbocycles. The van der Waals surface area contributed by atoms with E-state index in [-0.39, 0.29) is 24.5 Å². The van der Waals surface area contributed by atoms with Crippen LogP contribution in [-0.4, -0.2) is 12.3 Å². The molecule has 5 aromatic carbocycles. The molecule has 2 saturated carbocycles. The van der Waals surface area contributed by atoms with Gasteiger partial charge in [0.25, 0.3) is 0 Å². The van der Waals surface area contributed by atoms with E-state index in [1.54, 1.807) is 0 Å². The molecule has 1 atom stereocenters. The van der Waals surface area contributed by atoms with E-state index in [9.17, 15) is 0 Å². The van der Waals surface area contributed by atoms with E-state index in [1.807, 2.05) is 0 Å². The molecular weight excluding hydrogens is 769 g/mol. The standard InChI is InChI=1S/C35H30.C6H13P.C3H8.CH3.ClH.Fe.Pd/c1-6-16-26(17-7-1)31-32(27-18-8-2-9-19-27)34(29-22-12-4-13-23-29)35(30-24-14-5-15-25-30)33(31)28-20-10-3-11-21-28;1-7-6-4-2-3-5-6;1-3-2;;;;/h1-25,31-35H;6-7H,2-5H2,1H3;3H2,1-2H3;1H3;1H;;/q;;;-1;;;+2/p-1. The van der Waals surface area contributed by atoms with Gasteiger partial charge in [-0.15, -0.1) is 8.58 Å². The van der Waals surface area contributed by atoms with Gasteiger partial charge < -0.3 is 7.43 Å². The second kappa shape index (κ2) is 24.2. The van der Waals surface area contributed by atoms with E-state index in [1.165, 1.54) is 68.5 Å². The Morgan fingerprint density at radius 1 is 0.469 bits per heavy atom. The molecule has 0 N–H and O–H groups in total. The van der Waals surface area contributed by atoms with Gasteiger partial charge in [0.05, 0.1) is 0 Å². The summed E-state index contributed by atoms with van der Waals surface area (Å²) in [4.78, 5) is 0. The molecule has 4 heteroatoms. The van der Waals surface area contributed by atoms with Crippen molar-refractivity contribution in [2.75, 3.05) is 6.66 Å². The smallest absolute Gasteiger partial charge is 0 e. The van der Waals surface area contributed by atoms with Crippen molar-refractivity contribution >= 4 is 18.1 Å². The molecule has 0 heterocycles. The average Bonchev–Trinajstić information content (AvgIpc) is 3.82.